The predicted molar refractivity (Wildman–Crippen MR) is 80.7 cm³/mol. The van der Waals surface area contributed by atoms with Crippen molar-refractivity contribution >= 4 is 15.9 Å². The minimum absolute atomic E-state index is 0.00866. The normalized spacial score (nSPS) is 12.5. The maximum absolute atomic E-state index is 14.1. The van der Waals surface area contributed by atoms with E-state index in [1.807, 2.05) is 13.8 Å². The van der Waals surface area contributed by atoms with Gasteiger partial charge in [0.05, 0.1) is 10.5 Å². The minimum Gasteiger partial charge on any atom is -0.306 e. The van der Waals surface area contributed by atoms with Gasteiger partial charge in [0.2, 0.25) is 0 Å². The third-order valence-corrected chi connectivity index (χ3v) is 4.05. The van der Waals surface area contributed by atoms with Crippen LogP contribution in [0.5, 0.6) is 0 Å². The fourth-order valence-corrected chi connectivity index (χ4v) is 2.79. The van der Waals surface area contributed by atoms with E-state index in [9.17, 15) is 13.2 Å². The number of rotatable bonds is 4. The average Bonchev–Trinajstić information content (AvgIpc) is 2.46. The summed E-state index contributed by atoms with van der Waals surface area (Å²) in [4.78, 5) is 0. The van der Waals surface area contributed by atoms with Crippen molar-refractivity contribution in [2.24, 2.45) is 0 Å². The highest BCUT2D eigenvalue weighted by molar-refractivity contribution is 9.10. The first-order valence-corrected chi connectivity index (χ1v) is 7.37. The zero-order chi connectivity index (χ0) is 15.6. The number of hydrogen-bond acceptors (Lipinski definition) is 1. The summed E-state index contributed by atoms with van der Waals surface area (Å²) in [5.74, 6) is -2.29. The molecule has 0 fully saturated rings. The molecular formula is C16H15BrF3N. The van der Waals surface area contributed by atoms with Crippen molar-refractivity contribution in [1.29, 1.82) is 0 Å². The van der Waals surface area contributed by atoms with Crippen molar-refractivity contribution in [3.05, 3.63) is 68.9 Å². The second-order valence-electron chi connectivity index (χ2n) is 4.78. The number of nitrogens with one attached hydrogen (secondary N) is 1. The van der Waals surface area contributed by atoms with Crippen LogP contribution >= 0.6 is 15.9 Å². The largest absolute Gasteiger partial charge is 0.306 e. The summed E-state index contributed by atoms with van der Waals surface area (Å²) in [6, 6.07) is 6.70. The van der Waals surface area contributed by atoms with Gasteiger partial charge in [0.1, 0.15) is 5.82 Å². The quantitative estimate of drug-likeness (QED) is 0.769. The van der Waals surface area contributed by atoms with Crippen molar-refractivity contribution in [3.8, 4) is 0 Å². The Morgan fingerprint density at radius 1 is 1.05 bits per heavy atom. The van der Waals surface area contributed by atoms with E-state index in [4.69, 9.17) is 0 Å². The Hall–Kier alpha value is -1.33. The summed E-state index contributed by atoms with van der Waals surface area (Å²) >= 11 is 3.06. The number of halogens is 4. The van der Waals surface area contributed by atoms with Gasteiger partial charge in [0.15, 0.2) is 11.6 Å². The molecule has 2 aromatic carbocycles. The van der Waals surface area contributed by atoms with Crippen molar-refractivity contribution in [1.82, 2.24) is 5.32 Å². The zero-order valence-electron chi connectivity index (χ0n) is 11.7. The molecule has 1 unspecified atom stereocenters. The molecule has 2 rings (SSSR count). The SMILES string of the molecule is CCNC(c1cc(C)ccc1F)c1ccc(F)c(F)c1Br. The number of aryl methyl sites for hydroxylation is 1. The minimum atomic E-state index is -0.969. The van der Waals surface area contributed by atoms with E-state index in [1.54, 1.807) is 12.1 Å². The lowest BCUT2D eigenvalue weighted by Crippen LogP contribution is -2.24. The molecule has 112 valence electrons. The average molecular weight is 358 g/mol. The van der Waals surface area contributed by atoms with E-state index in [1.165, 1.54) is 12.1 Å². The van der Waals surface area contributed by atoms with Crippen LogP contribution in [0.1, 0.15) is 29.7 Å². The van der Waals surface area contributed by atoms with Gasteiger partial charge < -0.3 is 5.32 Å². The third-order valence-electron chi connectivity index (χ3n) is 3.25. The Bertz CT molecular complexity index is 658. The molecule has 0 amide bonds. The van der Waals surface area contributed by atoms with E-state index in [2.05, 4.69) is 21.2 Å². The van der Waals surface area contributed by atoms with Crippen molar-refractivity contribution < 1.29 is 13.2 Å². The Morgan fingerprint density at radius 2 is 1.71 bits per heavy atom. The molecule has 0 aliphatic rings. The lowest BCUT2D eigenvalue weighted by atomic mass is 9.96. The first kappa shape index (κ1) is 16.0. The molecule has 0 heterocycles. The van der Waals surface area contributed by atoms with E-state index in [0.29, 0.717) is 17.7 Å². The van der Waals surface area contributed by atoms with Crippen LogP contribution in [0.2, 0.25) is 0 Å². The van der Waals surface area contributed by atoms with Crippen LogP contribution < -0.4 is 5.32 Å². The first-order valence-electron chi connectivity index (χ1n) is 6.58. The summed E-state index contributed by atoms with van der Waals surface area (Å²) in [5.41, 5.74) is 1.76. The van der Waals surface area contributed by atoms with Crippen LogP contribution in [0, 0.1) is 24.4 Å². The first-order chi connectivity index (χ1) is 9.95. The van der Waals surface area contributed by atoms with E-state index in [-0.39, 0.29) is 10.3 Å². The molecule has 1 atom stereocenters. The fraction of sp³-hybridized carbons (Fsp3) is 0.250. The van der Waals surface area contributed by atoms with Crippen LogP contribution in [0.3, 0.4) is 0 Å². The highest BCUT2D eigenvalue weighted by Gasteiger charge is 2.22. The second kappa shape index (κ2) is 6.62. The second-order valence-corrected chi connectivity index (χ2v) is 5.57. The fourth-order valence-electron chi connectivity index (χ4n) is 2.24. The van der Waals surface area contributed by atoms with Gasteiger partial charge in [-0.3, -0.25) is 0 Å². The summed E-state index contributed by atoms with van der Waals surface area (Å²) < 4.78 is 41.1. The molecule has 0 saturated carbocycles. The predicted octanol–water partition coefficient (Wildman–Crippen LogP) is 4.87. The molecule has 5 heteroatoms. The number of benzene rings is 2. The smallest absolute Gasteiger partial charge is 0.173 e. The topological polar surface area (TPSA) is 12.0 Å². The van der Waals surface area contributed by atoms with Crippen LogP contribution in [-0.2, 0) is 0 Å². The van der Waals surface area contributed by atoms with Gasteiger partial charge in [-0.15, -0.1) is 0 Å². The molecule has 21 heavy (non-hydrogen) atoms. The monoisotopic (exact) mass is 357 g/mol. The molecule has 2 aromatic rings. The van der Waals surface area contributed by atoms with Crippen LogP contribution in [0.25, 0.3) is 0 Å². The van der Waals surface area contributed by atoms with Gasteiger partial charge in [-0.1, -0.05) is 30.7 Å². The lowest BCUT2D eigenvalue weighted by molar-refractivity contribution is 0.496. The standard InChI is InChI=1S/C16H15BrF3N/c1-3-21-16(11-8-9(2)4-6-12(11)18)10-5-7-13(19)15(20)14(10)17/h4-8,16,21H,3H2,1-2H3. The highest BCUT2D eigenvalue weighted by Crippen LogP contribution is 2.33. The Kier molecular flexibility index (Phi) is 5.06. The number of hydrogen-bond donors (Lipinski definition) is 1. The molecule has 0 spiro atoms. The van der Waals surface area contributed by atoms with Crippen LogP contribution in [0.15, 0.2) is 34.8 Å². The van der Waals surface area contributed by atoms with Crippen LogP contribution in [0.4, 0.5) is 13.2 Å². The van der Waals surface area contributed by atoms with Gasteiger partial charge >= 0.3 is 0 Å². The van der Waals surface area contributed by atoms with Crippen molar-refractivity contribution in [2.75, 3.05) is 6.54 Å². The molecule has 0 aromatic heterocycles. The molecule has 0 aliphatic carbocycles. The molecule has 1 N–H and O–H groups in total. The van der Waals surface area contributed by atoms with Crippen molar-refractivity contribution in [2.45, 2.75) is 19.9 Å². The highest BCUT2D eigenvalue weighted by atomic mass is 79.9. The van der Waals surface area contributed by atoms with Gasteiger partial charge in [-0.2, -0.15) is 0 Å². The summed E-state index contributed by atoms with van der Waals surface area (Å²) in [6.07, 6.45) is 0. The van der Waals surface area contributed by atoms with Gasteiger partial charge in [0, 0.05) is 5.56 Å². The van der Waals surface area contributed by atoms with Gasteiger partial charge in [-0.25, -0.2) is 13.2 Å². The molecule has 0 saturated heterocycles. The van der Waals surface area contributed by atoms with E-state index in [0.717, 1.165) is 11.6 Å². The van der Waals surface area contributed by atoms with Crippen molar-refractivity contribution in [3.63, 3.8) is 0 Å². The molecule has 1 nitrogen and oxygen atoms in total. The molecule has 0 bridgehead atoms. The molecule has 0 aliphatic heterocycles. The Labute approximate surface area is 130 Å². The van der Waals surface area contributed by atoms with Gasteiger partial charge in [0.25, 0.3) is 0 Å². The Balaban J connectivity index is 2.59. The van der Waals surface area contributed by atoms with Crippen LogP contribution in [-0.4, -0.2) is 6.54 Å². The molecule has 0 radical (unpaired) electrons. The third kappa shape index (κ3) is 3.30. The molecular weight excluding hydrogens is 343 g/mol. The summed E-state index contributed by atoms with van der Waals surface area (Å²) in [6.45, 7) is 4.28. The van der Waals surface area contributed by atoms with Gasteiger partial charge in [-0.05, 0) is 47.1 Å². The van der Waals surface area contributed by atoms with E-state index >= 15 is 0 Å². The summed E-state index contributed by atoms with van der Waals surface area (Å²) in [7, 11) is 0. The lowest BCUT2D eigenvalue weighted by Gasteiger charge is -2.21. The maximum Gasteiger partial charge on any atom is 0.173 e. The Morgan fingerprint density at radius 3 is 2.38 bits per heavy atom. The zero-order valence-corrected chi connectivity index (χ0v) is 13.3. The van der Waals surface area contributed by atoms with E-state index < -0.39 is 17.7 Å². The summed E-state index contributed by atoms with van der Waals surface area (Å²) in [5, 5.41) is 3.11. The maximum atomic E-state index is 14.1.